The minimum Gasteiger partial charge on any atom is -0.507 e. The molecule has 0 saturated heterocycles. The van der Waals surface area contributed by atoms with Gasteiger partial charge in [0, 0.05) is 16.7 Å². The Morgan fingerprint density at radius 1 is 1.11 bits per heavy atom. The van der Waals surface area contributed by atoms with Crippen LogP contribution in [-0.2, 0) is 12.8 Å². The highest BCUT2D eigenvalue weighted by Gasteiger charge is 2.40. The molecular weight excluding hydrogens is 360 g/mol. The highest BCUT2D eigenvalue weighted by molar-refractivity contribution is 6.31. The Bertz CT molecular complexity index is 1050. The first-order chi connectivity index (χ1) is 13.4. The van der Waals surface area contributed by atoms with E-state index in [1.165, 1.54) is 13.2 Å². The molecule has 0 fully saturated rings. The maximum atomic E-state index is 13.2. The number of hydrogen-bond donors (Lipinski definition) is 3. The first-order valence-corrected chi connectivity index (χ1v) is 9.05. The summed E-state index contributed by atoms with van der Waals surface area (Å²) in [4.78, 5) is 26.3. The predicted octanol–water partition coefficient (Wildman–Crippen LogP) is 2.54. The van der Waals surface area contributed by atoms with Gasteiger partial charge in [-0.25, -0.2) is 0 Å². The molecule has 0 aromatic heterocycles. The second-order valence-corrected chi connectivity index (χ2v) is 7.20. The third kappa shape index (κ3) is 2.38. The van der Waals surface area contributed by atoms with Crippen molar-refractivity contribution in [2.45, 2.75) is 19.3 Å². The molecule has 28 heavy (non-hydrogen) atoms. The Labute approximate surface area is 161 Å². The summed E-state index contributed by atoms with van der Waals surface area (Å²) in [6, 6.07) is 4.69. The van der Waals surface area contributed by atoms with E-state index in [-0.39, 0.29) is 52.0 Å². The van der Waals surface area contributed by atoms with Crippen molar-refractivity contribution < 1.29 is 29.6 Å². The molecule has 0 radical (unpaired) electrons. The number of phenols is 2. The Morgan fingerprint density at radius 3 is 2.46 bits per heavy atom. The molecule has 2 aliphatic carbocycles. The van der Waals surface area contributed by atoms with E-state index >= 15 is 0 Å². The fraction of sp³-hybridized carbons (Fsp3) is 0.273. The number of methoxy groups -OCH3 is 1. The van der Waals surface area contributed by atoms with Crippen LogP contribution < -0.4 is 4.74 Å². The Hall–Kier alpha value is -3.12. The summed E-state index contributed by atoms with van der Waals surface area (Å²) in [7, 11) is 1.40. The van der Waals surface area contributed by atoms with Gasteiger partial charge in [0.1, 0.15) is 17.2 Å². The van der Waals surface area contributed by atoms with Gasteiger partial charge in [0.25, 0.3) is 0 Å². The number of aliphatic hydroxyl groups is 1. The molecule has 4 rings (SSSR count). The number of hydrogen-bond acceptors (Lipinski definition) is 6. The normalized spacial score (nSPS) is 17.6. The molecule has 0 saturated carbocycles. The average molecular weight is 380 g/mol. The molecule has 0 aliphatic heterocycles. The highest BCUT2D eigenvalue weighted by Crippen LogP contribution is 2.47. The SMILES string of the molecule is C=C(CO)C1CCc2c(O)c3c(c(O)c2C1)C(=O)c1cccc(OC)c1C3=O. The molecule has 2 aromatic carbocycles. The number of carbonyl (C=O) groups is 2. The second kappa shape index (κ2) is 6.49. The van der Waals surface area contributed by atoms with Gasteiger partial charge in [-0.2, -0.15) is 0 Å². The van der Waals surface area contributed by atoms with E-state index in [1.807, 2.05) is 0 Å². The third-order valence-electron chi connectivity index (χ3n) is 5.81. The zero-order chi connectivity index (χ0) is 20.2. The molecule has 0 heterocycles. The lowest BCUT2D eigenvalue weighted by Gasteiger charge is -2.30. The molecule has 1 atom stereocenters. The molecule has 0 amide bonds. The molecular formula is C22H20O6. The van der Waals surface area contributed by atoms with Crippen LogP contribution in [0, 0.1) is 5.92 Å². The lowest BCUT2D eigenvalue weighted by atomic mass is 9.74. The largest absolute Gasteiger partial charge is 0.507 e. The van der Waals surface area contributed by atoms with Gasteiger partial charge in [-0.05, 0) is 36.8 Å². The zero-order valence-electron chi connectivity index (χ0n) is 15.4. The quantitative estimate of drug-likeness (QED) is 0.477. The maximum Gasteiger partial charge on any atom is 0.202 e. The monoisotopic (exact) mass is 380 g/mol. The number of phenolic OH excluding ortho intramolecular Hbond substituents is 2. The summed E-state index contributed by atoms with van der Waals surface area (Å²) in [6.45, 7) is 3.69. The Morgan fingerprint density at radius 2 is 1.79 bits per heavy atom. The van der Waals surface area contributed by atoms with Crippen LogP contribution in [0.5, 0.6) is 17.2 Å². The lowest BCUT2D eigenvalue weighted by molar-refractivity contribution is 0.0971. The van der Waals surface area contributed by atoms with E-state index in [9.17, 15) is 24.9 Å². The fourth-order valence-corrected chi connectivity index (χ4v) is 4.28. The highest BCUT2D eigenvalue weighted by atomic mass is 16.5. The van der Waals surface area contributed by atoms with E-state index in [0.29, 0.717) is 36.0 Å². The minimum absolute atomic E-state index is 0.0670. The Kier molecular flexibility index (Phi) is 4.23. The molecule has 0 spiro atoms. The van der Waals surface area contributed by atoms with Crippen molar-refractivity contribution in [2.75, 3.05) is 13.7 Å². The molecule has 144 valence electrons. The van der Waals surface area contributed by atoms with Gasteiger partial charge in [-0.3, -0.25) is 9.59 Å². The van der Waals surface area contributed by atoms with Crippen LogP contribution >= 0.6 is 0 Å². The van der Waals surface area contributed by atoms with Crippen LogP contribution in [0.1, 0.15) is 49.4 Å². The number of benzene rings is 2. The summed E-state index contributed by atoms with van der Waals surface area (Å²) >= 11 is 0. The van der Waals surface area contributed by atoms with E-state index < -0.39 is 11.6 Å². The topological polar surface area (TPSA) is 104 Å². The van der Waals surface area contributed by atoms with Gasteiger partial charge in [0.15, 0.2) is 5.78 Å². The molecule has 2 aliphatic rings. The lowest BCUT2D eigenvalue weighted by Crippen LogP contribution is -2.25. The van der Waals surface area contributed by atoms with Crippen molar-refractivity contribution in [1.82, 2.24) is 0 Å². The minimum atomic E-state index is -0.542. The molecule has 1 unspecified atom stereocenters. The maximum absolute atomic E-state index is 13.2. The van der Waals surface area contributed by atoms with Crippen molar-refractivity contribution in [3.8, 4) is 17.2 Å². The second-order valence-electron chi connectivity index (χ2n) is 7.20. The van der Waals surface area contributed by atoms with Crippen LogP contribution in [0.4, 0.5) is 0 Å². The van der Waals surface area contributed by atoms with Gasteiger partial charge in [0.2, 0.25) is 5.78 Å². The zero-order valence-corrected chi connectivity index (χ0v) is 15.4. The van der Waals surface area contributed by atoms with E-state index in [4.69, 9.17) is 4.74 Å². The van der Waals surface area contributed by atoms with Gasteiger partial charge in [-0.15, -0.1) is 0 Å². The summed E-state index contributed by atoms with van der Waals surface area (Å²) in [5, 5.41) is 31.1. The predicted molar refractivity (Wildman–Crippen MR) is 101 cm³/mol. The number of aromatic hydroxyl groups is 2. The standard InChI is InChI=1S/C22H20O6/c1-10(9-23)11-6-7-12-14(8-11)21(26)17-18(19(12)24)22(27)16-13(20(17)25)4-3-5-15(16)28-2/h3-5,11,23-24,26H,1,6-9H2,2H3. The first kappa shape index (κ1) is 18.3. The van der Waals surface area contributed by atoms with Gasteiger partial charge in [0.05, 0.1) is 30.4 Å². The van der Waals surface area contributed by atoms with Crippen molar-refractivity contribution in [3.05, 3.63) is 63.7 Å². The third-order valence-corrected chi connectivity index (χ3v) is 5.81. The van der Waals surface area contributed by atoms with Gasteiger partial charge < -0.3 is 20.1 Å². The van der Waals surface area contributed by atoms with Crippen molar-refractivity contribution in [2.24, 2.45) is 5.92 Å². The van der Waals surface area contributed by atoms with Gasteiger partial charge in [-0.1, -0.05) is 18.7 Å². The number of ether oxygens (including phenoxy) is 1. The van der Waals surface area contributed by atoms with E-state index in [2.05, 4.69) is 6.58 Å². The van der Waals surface area contributed by atoms with Crippen LogP contribution in [0.15, 0.2) is 30.4 Å². The number of fused-ring (bicyclic) bond motifs is 3. The van der Waals surface area contributed by atoms with Crippen LogP contribution in [0.3, 0.4) is 0 Å². The summed E-state index contributed by atoms with van der Waals surface area (Å²) < 4.78 is 5.23. The van der Waals surface area contributed by atoms with Crippen LogP contribution in [0.25, 0.3) is 0 Å². The summed E-state index contributed by atoms with van der Waals surface area (Å²) in [5.41, 5.74) is 1.44. The van der Waals surface area contributed by atoms with E-state index in [0.717, 1.165) is 0 Å². The summed E-state index contributed by atoms with van der Waals surface area (Å²) in [6.07, 6.45) is 1.38. The van der Waals surface area contributed by atoms with E-state index in [1.54, 1.807) is 12.1 Å². The number of ketones is 2. The van der Waals surface area contributed by atoms with Crippen molar-refractivity contribution in [3.63, 3.8) is 0 Å². The van der Waals surface area contributed by atoms with Crippen molar-refractivity contribution in [1.29, 1.82) is 0 Å². The van der Waals surface area contributed by atoms with Gasteiger partial charge >= 0.3 is 0 Å². The average Bonchev–Trinajstić information content (AvgIpc) is 2.72. The first-order valence-electron chi connectivity index (χ1n) is 9.05. The molecule has 0 bridgehead atoms. The molecule has 2 aromatic rings. The molecule has 3 N–H and O–H groups in total. The number of rotatable bonds is 3. The Balaban J connectivity index is 1.95. The molecule has 6 heteroatoms. The van der Waals surface area contributed by atoms with Crippen molar-refractivity contribution >= 4 is 11.6 Å². The number of carbonyl (C=O) groups excluding carboxylic acids is 2. The van der Waals surface area contributed by atoms with Crippen LogP contribution in [-0.4, -0.2) is 40.6 Å². The summed E-state index contributed by atoms with van der Waals surface area (Å²) in [5.74, 6) is -1.42. The number of aliphatic hydroxyl groups excluding tert-OH is 1. The smallest absolute Gasteiger partial charge is 0.202 e. The fourth-order valence-electron chi connectivity index (χ4n) is 4.28. The van der Waals surface area contributed by atoms with Crippen LogP contribution in [0.2, 0.25) is 0 Å². The molecule has 6 nitrogen and oxygen atoms in total.